The van der Waals surface area contributed by atoms with Crippen LogP contribution in [-0.2, 0) is 11.2 Å². The molecule has 1 aromatic heterocycles. The molecule has 1 heterocycles. The first-order valence-electron chi connectivity index (χ1n) is 3.11. The monoisotopic (exact) mass is 151 g/mol. The lowest BCUT2D eigenvalue weighted by Crippen LogP contribution is -2.15. The summed E-state index contributed by atoms with van der Waals surface area (Å²) >= 11 is 0. The van der Waals surface area contributed by atoms with Crippen LogP contribution in [0.5, 0.6) is 0 Å². The molecule has 2 N–H and O–H groups in total. The Morgan fingerprint density at radius 3 is 2.91 bits per heavy atom. The van der Waals surface area contributed by atoms with Crippen LogP contribution in [0.1, 0.15) is 5.56 Å². The summed E-state index contributed by atoms with van der Waals surface area (Å²) in [5.41, 5.74) is 6.66. The summed E-state index contributed by atoms with van der Waals surface area (Å²) in [6, 6.07) is 3.16. The van der Waals surface area contributed by atoms with Gasteiger partial charge in [-0.1, -0.05) is 6.07 Å². The number of pyridine rings is 1. The molecule has 1 amide bonds. The second-order valence-electron chi connectivity index (χ2n) is 2.12. The first kappa shape index (κ1) is 7.53. The van der Waals surface area contributed by atoms with Gasteiger partial charge in [0, 0.05) is 11.8 Å². The van der Waals surface area contributed by atoms with Crippen molar-refractivity contribution in [2.24, 2.45) is 0 Å². The van der Waals surface area contributed by atoms with E-state index in [-0.39, 0.29) is 12.0 Å². The summed E-state index contributed by atoms with van der Waals surface area (Å²) in [4.78, 5) is 23.6. The van der Waals surface area contributed by atoms with Crippen LogP contribution < -0.4 is 11.3 Å². The highest BCUT2D eigenvalue weighted by atomic mass is 16.1. The fourth-order valence-electron chi connectivity index (χ4n) is 0.769. The van der Waals surface area contributed by atoms with Gasteiger partial charge in [0.15, 0.2) is 0 Å². The highest BCUT2D eigenvalue weighted by Gasteiger charge is 2.01. The smallest absolute Gasteiger partial charge is 0.251 e. The van der Waals surface area contributed by atoms with Gasteiger partial charge in [-0.2, -0.15) is 0 Å². The quantitative estimate of drug-likeness (QED) is 0.631. The standard InChI is InChI=1S/C7H7N2O2/c8-6(10)4-5-2-1-3-9-7(5)11/h1-3,8H,4H2,(H,9,11). The Balaban J connectivity index is 2.95. The maximum atomic E-state index is 10.9. The third kappa shape index (κ3) is 1.93. The van der Waals surface area contributed by atoms with E-state index in [1.54, 1.807) is 6.07 Å². The third-order valence-corrected chi connectivity index (χ3v) is 1.25. The Kier molecular flexibility index (Phi) is 2.06. The fourth-order valence-corrected chi connectivity index (χ4v) is 0.769. The molecule has 0 aliphatic carbocycles. The summed E-state index contributed by atoms with van der Waals surface area (Å²) in [6.45, 7) is 0. The molecule has 1 rings (SSSR count). The molecule has 0 bridgehead atoms. The van der Waals surface area contributed by atoms with Crippen LogP contribution in [0.25, 0.3) is 0 Å². The summed E-state index contributed by atoms with van der Waals surface area (Å²) in [5.74, 6) is -0.748. The summed E-state index contributed by atoms with van der Waals surface area (Å²) in [7, 11) is 0. The van der Waals surface area contributed by atoms with E-state index in [0.29, 0.717) is 5.56 Å². The van der Waals surface area contributed by atoms with Gasteiger partial charge in [-0.25, -0.2) is 0 Å². The van der Waals surface area contributed by atoms with Crippen molar-refractivity contribution in [3.05, 3.63) is 34.2 Å². The molecule has 11 heavy (non-hydrogen) atoms. The van der Waals surface area contributed by atoms with Crippen LogP contribution in [0.4, 0.5) is 0 Å². The summed E-state index contributed by atoms with van der Waals surface area (Å²) in [5, 5.41) is 0. The van der Waals surface area contributed by atoms with E-state index in [4.69, 9.17) is 5.73 Å². The molecule has 0 atom stereocenters. The minimum absolute atomic E-state index is 0.115. The van der Waals surface area contributed by atoms with Gasteiger partial charge >= 0.3 is 0 Å². The SMILES string of the molecule is [NH]C(=O)Cc1ccc[nH]c1=O. The van der Waals surface area contributed by atoms with Gasteiger partial charge in [0.05, 0.1) is 6.42 Å². The number of aromatic nitrogens is 1. The molecule has 0 fully saturated rings. The molecule has 0 aliphatic rings. The Morgan fingerprint density at radius 2 is 2.36 bits per heavy atom. The number of aromatic amines is 1. The Hall–Kier alpha value is -1.58. The van der Waals surface area contributed by atoms with Gasteiger partial charge in [-0.15, -0.1) is 0 Å². The van der Waals surface area contributed by atoms with Crippen LogP contribution >= 0.6 is 0 Å². The predicted octanol–water partition coefficient (Wildman–Crippen LogP) is -0.273. The van der Waals surface area contributed by atoms with E-state index in [1.807, 2.05) is 0 Å². The lowest BCUT2D eigenvalue weighted by molar-refractivity contribution is -0.118. The molecule has 1 radical (unpaired) electrons. The van der Waals surface area contributed by atoms with Crippen molar-refractivity contribution in [2.75, 3.05) is 0 Å². The Bertz CT molecular complexity index is 316. The number of carbonyl (C=O) groups excluding carboxylic acids is 1. The van der Waals surface area contributed by atoms with E-state index >= 15 is 0 Å². The highest BCUT2D eigenvalue weighted by molar-refractivity contribution is 5.75. The van der Waals surface area contributed by atoms with E-state index in [2.05, 4.69) is 4.98 Å². The normalized spacial score (nSPS) is 9.45. The largest absolute Gasteiger partial charge is 0.329 e. The van der Waals surface area contributed by atoms with Crippen molar-refractivity contribution in [3.8, 4) is 0 Å². The number of H-pyrrole nitrogens is 1. The minimum atomic E-state index is -0.748. The molecule has 0 aromatic carbocycles. The molecule has 0 aliphatic heterocycles. The number of amides is 1. The second kappa shape index (κ2) is 3.01. The number of nitrogens with one attached hydrogen (secondary N) is 2. The van der Waals surface area contributed by atoms with Crippen molar-refractivity contribution in [1.82, 2.24) is 10.7 Å². The van der Waals surface area contributed by atoms with Crippen LogP contribution in [0.3, 0.4) is 0 Å². The first-order valence-corrected chi connectivity index (χ1v) is 3.11. The molecule has 0 saturated heterocycles. The lowest BCUT2D eigenvalue weighted by atomic mass is 10.2. The van der Waals surface area contributed by atoms with Gasteiger partial charge < -0.3 is 4.98 Å². The van der Waals surface area contributed by atoms with Crippen molar-refractivity contribution in [2.45, 2.75) is 6.42 Å². The molecule has 0 saturated carbocycles. The van der Waals surface area contributed by atoms with E-state index < -0.39 is 5.91 Å². The Labute approximate surface area is 63.0 Å². The number of hydrogen-bond acceptors (Lipinski definition) is 2. The van der Waals surface area contributed by atoms with E-state index in [0.717, 1.165) is 0 Å². The number of carbonyl (C=O) groups is 1. The van der Waals surface area contributed by atoms with E-state index in [1.165, 1.54) is 12.3 Å². The molecular weight excluding hydrogens is 144 g/mol. The van der Waals surface area contributed by atoms with Crippen LogP contribution in [-0.4, -0.2) is 10.9 Å². The van der Waals surface area contributed by atoms with Crippen LogP contribution in [0.15, 0.2) is 23.1 Å². The van der Waals surface area contributed by atoms with Gasteiger partial charge in [-0.05, 0) is 6.07 Å². The highest BCUT2D eigenvalue weighted by Crippen LogP contribution is 1.89. The molecule has 0 spiro atoms. The Morgan fingerprint density at radius 1 is 1.64 bits per heavy atom. The molecule has 57 valence electrons. The number of hydrogen-bond donors (Lipinski definition) is 1. The van der Waals surface area contributed by atoms with Gasteiger partial charge in [0.2, 0.25) is 5.91 Å². The van der Waals surface area contributed by atoms with E-state index in [9.17, 15) is 9.59 Å². The van der Waals surface area contributed by atoms with Crippen molar-refractivity contribution in [1.29, 1.82) is 0 Å². The second-order valence-corrected chi connectivity index (χ2v) is 2.12. The molecule has 1 aromatic rings. The zero-order valence-corrected chi connectivity index (χ0v) is 5.76. The topological polar surface area (TPSA) is 73.7 Å². The molecule has 4 heteroatoms. The fraction of sp³-hybridized carbons (Fsp3) is 0.143. The lowest BCUT2D eigenvalue weighted by Gasteiger charge is -1.92. The minimum Gasteiger partial charge on any atom is -0.329 e. The maximum absolute atomic E-state index is 10.9. The van der Waals surface area contributed by atoms with Gasteiger partial charge in [0.1, 0.15) is 0 Å². The van der Waals surface area contributed by atoms with Crippen LogP contribution in [0, 0.1) is 0 Å². The van der Waals surface area contributed by atoms with Gasteiger partial charge in [0.25, 0.3) is 5.56 Å². The zero-order chi connectivity index (χ0) is 8.27. The van der Waals surface area contributed by atoms with Gasteiger partial charge in [-0.3, -0.25) is 15.3 Å². The zero-order valence-electron chi connectivity index (χ0n) is 5.76. The van der Waals surface area contributed by atoms with Crippen LogP contribution in [0.2, 0.25) is 0 Å². The average Bonchev–Trinajstić information content (AvgIpc) is 1.93. The predicted molar refractivity (Wildman–Crippen MR) is 38.9 cm³/mol. The molecule has 0 unspecified atom stereocenters. The van der Waals surface area contributed by atoms with Crippen molar-refractivity contribution < 1.29 is 4.79 Å². The number of rotatable bonds is 2. The summed E-state index contributed by atoms with van der Waals surface area (Å²) in [6.07, 6.45) is 1.37. The maximum Gasteiger partial charge on any atom is 0.251 e. The third-order valence-electron chi connectivity index (χ3n) is 1.25. The molecular formula is C7H7N2O2. The average molecular weight is 151 g/mol. The molecule has 4 nitrogen and oxygen atoms in total. The summed E-state index contributed by atoms with van der Waals surface area (Å²) < 4.78 is 0. The first-order chi connectivity index (χ1) is 5.20. The van der Waals surface area contributed by atoms with Crippen molar-refractivity contribution >= 4 is 5.91 Å². The van der Waals surface area contributed by atoms with Crippen molar-refractivity contribution in [3.63, 3.8) is 0 Å².